The van der Waals surface area contributed by atoms with Gasteiger partial charge >= 0.3 is 0 Å². The third-order valence-corrected chi connectivity index (χ3v) is 4.37. The van der Waals surface area contributed by atoms with Crippen molar-refractivity contribution in [3.05, 3.63) is 41.2 Å². The SMILES string of the molecule is CCc1nn(C)cc1NS(=O)(=O)c1cc(F)c(C)cc1F. The van der Waals surface area contributed by atoms with E-state index in [2.05, 4.69) is 9.82 Å². The second-order valence-electron chi connectivity index (χ2n) is 4.65. The molecule has 0 aliphatic rings. The average Bonchev–Trinajstić information content (AvgIpc) is 2.72. The zero-order valence-electron chi connectivity index (χ0n) is 11.8. The van der Waals surface area contributed by atoms with Gasteiger partial charge in [0.05, 0.1) is 11.4 Å². The number of aromatic nitrogens is 2. The zero-order valence-corrected chi connectivity index (χ0v) is 12.6. The maximum absolute atomic E-state index is 13.8. The van der Waals surface area contributed by atoms with Crippen LogP contribution in [0.15, 0.2) is 23.2 Å². The molecule has 0 spiro atoms. The summed E-state index contributed by atoms with van der Waals surface area (Å²) in [4.78, 5) is -0.725. The lowest BCUT2D eigenvalue weighted by molar-refractivity contribution is 0.551. The summed E-state index contributed by atoms with van der Waals surface area (Å²) in [5.41, 5.74) is 0.816. The van der Waals surface area contributed by atoms with E-state index in [-0.39, 0.29) is 11.3 Å². The molecule has 2 rings (SSSR count). The number of rotatable bonds is 4. The molecule has 0 fully saturated rings. The Bertz CT molecular complexity index is 785. The largest absolute Gasteiger partial charge is 0.276 e. The Morgan fingerprint density at radius 2 is 1.95 bits per heavy atom. The maximum Gasteiger partial charge on any atom is 0.265 e. The summed E-state index contributed by atoms with van der Waals surface area (Å²) in [5.74, 6) is -1.78. The van der Waals surface area contributed by atoms with Crippen molar-refractivity contribution in [2.45, 2.75) is 25.2 Å². The second kappa shape index (κ2) is 5.44. The first-order valence-electron chi connectivity index (χ1n) is 6.25. The van der Waals surface area contributed by atoms with Gasteiger partial charge in [0.1, 0.15) is 16.5 Å². The van der Waals surface area contributed by atoms with E-state index in [1.165, 1.54) is 17.8 Å². The van der Waals surface area contributed by atoms with Crippen molar-refractivity contribution in [1.82, 2.24) is 9.78 Å². The minimum Gasteiger partial charge on any atom is -0.276 e. The molecule has 2 aromatic rings. The number of aryl methyl sites for hydroxylation is 3. The van der Waals surface area contributed by atoms with Gasteiger partial charge in [-0.2, -0.15) is 5.10 Å². The lowest BCUT2D eigenvalue weighted by atomic mass is 10.2. The number of hydrogen-bond donors (Lipinski definition) is 1. The molecule has 5 nitrogen and oxygen atoms in total. The quantitative estimate of drug-likeness (QED) is 0.942. The van der Waals surface area contributed by atoms with Crippen LogP contribution in [0.1, 0.15) is 18.2 Å². The molecule has 1 heterocycles. The number of halogens is 2. The Morgan fingerprint density at radius 3 is 2.57 bits per heavy atom. The number of nitrogens with zero attached hydrogens (tertiary/aromatic N) is 2. The van der Waals surface area contributed by atoms with Crippen molar-refractivity contribution in [3.8, 4) is 0 Å². The molecule has 1 aromatic heterocycles. The zero-order chi connectivity index (χ0) is 15.8. The van der Waals surface area contributed by atoms with Gasteiger partial charge in [-0.05, 0) is 31.0 Å². The lowest BCUT2D eigenvalue weighted by Crippen LogP contribution is -2.16. The van der Waals surface area contributed by atoms with Crippen molar-refractivity contribution < 1.29 is 17.2 Å². The molecule has 8 heteroatoms. The molecule has 0 unspecified atom stereocenters. The van der Waals surface area contributed by atoms with Gasteiger partial charge in [-0.25, -0.2) is 17.2 Å². The van der Waals surface area contributed by atoms with E-state index in [4.69, 9.17) is 0 Å². The van der Waals surface area contributed by atoms with Crippen LogP contribution in [-0.4, -0.2) is 18.2 Å². The van der Waals surface area contributed by atoms with E-state index >= 15 is 0 Å². The molecule has 0 saturated heterocycles. The van der Waals surface area contributed by atoms with Crippen LogP contribution >= 0.6 is 0 Å². The summed E-state index contributed by atoms with van der Waals surface area (Å²) in [7, 11) is -2.58. The first kappa shape index (κ1) is 15.4. The molecular weight excluding hydrogens is 300 g/mol. The topological polar surface area (TPSA) is 64.0 Å². The fourth-order valence-electron chi connectivity index (χ4n) is 1.91. The van der Waals surface area contributed by atoms with Gasteiger partial charge in [0.2, 0.25) is 0 Å². The maximum atomic E-state index is 13.8. The minimum atomic E-state index is -4.22. The predicted octanol–water partition coefficient (Wildman–Crippen LogP) is 2.37. The van der Waals surface area contributed by atoms with Gasteiger partial charge in [-0.15, -0.1) is 0 Å². The molecule has 0 atom stereocenters. The van der Waals surface area contributed by atoms with E-state index in [1.807, 2.05) is 6.92 Å². The van der Waals surface area contributed by atoms with Crippen LogP contribution in [0.4, 0.5) is 14.5 Å². The van der Waals surface area contributed by atoms with Gasteiger partial charge < -0.3 is 0 Å². The van der Waals surface area contributed by atoms with Crippen LogP contribution in [0.5, 0.6) is 0 Å². The van der Waals surface area contributed by atoms with Crippen molar-refractivity contribution in [2.24, 2.45) is 7.05 Å². The first-order chi connectivity index (χ1) is 9.74. The minimum absolute atomic E-state index is 0.0436. The Morgan fingerprint density at radius 1 is 1.29 bits per heavy atom. The smallest absolute Gasteiger partial charge is 0.265 e. The number of sulfonamides is 1. The standard InChI is InChI=1S/C13H15F2N3O2S/c1-4-11-12(7-18(3)16-11)17-21(19,20)13-6-9(14)8(2)5-10(13)15/h5-7,17H,4H2,1-3H3. The Kier molecular flexibility index (Phi) is 3.99. The Labute approximate surface area is 121 Å². The molecule has 1 N–H and O–H groups in total. The van der Waals surface area contributed by atoms with Gasteiger partial charge in [0.15, 0.2) is 0 Å². The van der Waals surface area contributed by atoms with Crippen molar-refractivity contribution in [1.29, 1.82) is 0 Å². The predicted molar refractivity (Wildman–Crippen MR) is 74.5 cm³/mol. The number of anilines is 1. The van der Waals surface area contributed by atoms with Gasteiger partial charge in [0.25, 0.3) is 10.0 Å². The Hall–Kier alpha value is -1.96. The average molecular weight is 315 g/mol. The number of nitrogens with one attached hydrogen (secondary N) is 1. The summed E-state index contributed by atoms with van der Waals surface area (Å²) < 4.78 is 55.4. The summed E-state index contributed by atoms with van der Waals surface area (Å²) >= 11 is 0. The van der Waals surface area contributed by atoms with Crippen LogP contribution in [0.2, 0.25) is 0 Å². The molecule has 0 amide bonds. The van der Waals surface area contributed by atoms with Crippen molar-refractivity contribution in [2.75, 3.05) is 4.72 Å². The third kappa shape index (κ3) is 3.05. The lowest BCUT2D eigenvalue weighted by Gasteiger charge is -2.09. The van der Waals surface area contributed by atoms with Crippen LogP contribution in [-0.2, 0) is 23.5 Å². The molecule has 21 heavy (non-hydrogen) atoms. The van der Waals surface area contributed by atoms with Gasteiger partial charge in [-0.3, -0.25) is 9.40 Å². The number of benzene rings is 1. The molecule has 0 aliphatic heterocycles. The van der Waals surface area contributed by atoms with E-state index in [0.29, 0.717) is 18.2 Å². The van der Waals surface area contributed by atoms with Gasteiger partial charge in [-0.1, -0.05) is 6.92 Å². The van der Waals surface area contributed by atoms with Crippen LogP contribution in [0.25, 0.3) is 0 Å². The van der Waals surface area contributed by atoms with Crippen LogP contribution < -0.4 is 4.72 Å². The molecule has 0 saturated carbocycles. The molecule has 114 valence electrons. The number of hydrogen-bond acceptors (Lipinski definition) is 3. The summed E-state index contributed by atoms with van der Waals surface area (Å²) in [6, 6.07) is 1.53. The molecule has 0 aliphatic carbocycles. The van der Waals surface area contributed by atoms with E-state index < -0.39 is 26.6 Å². The van der Waals surface area contributed by atoms with Crippen LogP contribution in [0, 0.1) is 18.6 Å². The van der Waals surface area contributed by atoms with Crippen LogP contribution in [0.3, 0.4) is 0 Å². The molecular formula is C13H15F2N3O2S. The highest BCUT2D eigenvalue weighted by atomic mass is 32.2. The van der Waals surface area contributed by atoms with Gasteiger partial charge in [0, 0.05) is 13.2 Å². The Balaban J connectivity index is 2.45. The van der Waals surface area contributed by atoms with Crippen molar-refractivity contribution >= 4 is 15.7 Å². The van der Waals surface area contributed by atoms with E-state index in [1.54, 1.807) is 7.05 Å². The second-order valence-corrected chi connectivity index (χ2v) is 6.30. The molecule has 0 radical (unpaired) electrons. The molecule has 0 bridgehead atoms. The normalized spacial score (nSPS) is 11.7. The van der Waals surface area contributed by atoms with Crippen molar-refractivity contribution in [3.63, 3.8) is 0 Å². The summed E-state index contributed by atoms with van der Waals surface area (Å²) in [6.45, 7) is 3.17. The monoisotopic (exact) mass is 315 g/mol. The summed E-state index contributed by atoms with van der Waals surface area (Å²) in [6.07, 6.45) is 1.97. The molecule has 1 aromatic carbocycles. The summed E-state index contributed by atoms with van der Waals surface area (Å²) in [5, 5.41) is 4.08. The highest BCUT2D eigenvalue weighted by molar-refractivity contribution is 7.92. The highest BCUT2D eigenvalue weighted by Crippen LogP contribution is 2.23. The fourth-order valence-corrected chi connectivity index (χ4v) is 3.06. The fraction of sp³-hybridized carbons (Fsp3) is 0.308. The first-order valence-corrected chi connectivity index (χ1v) is 7.74. The van der Waals surface area contributed by atoms with E-state index in [9.17, 15) is 17.2 Å². The highest BCUT2D eigenvalue weighted by Gasteiger charge is 2.23. The van der Waals surface area contributed by atoms with E-state index in [0.717, 1.165) is 6.07 Å². The third-order valence-electron chi connectivity index (χ3n) is 2.99.